The number of hydrogen-bond donors (Lipinski definition) is 0. The maximum absolute atomic E-state index is 12.8. The molecule has 1 aliphatic rings. The zero-order chi connectivity index (χ0) is 16.4. The highest BCUT2D eigenvalue weighted by Gasteiger charge is 2.25. The second kappa shape index (κ2) is 6.40. The molecule has 1 aliphatic heterocycles. The minimum atomic E-state index is 0.136. The summed E-state index contributed by atoms with van der Waals surface area (Å²) in [5, 5.41) is 0. The van der Waals surface area contributed by atoms with Gasteiger partial charge in [0, 0.05) is 56.5 Å². The fourth-order valence-electron chi connectivity index (χ4n) is 3.27. The van der Waals surface area contributed by atoms with Gasteiger partial charge in [0.2, 0.25) is 0 Å². The van der Waals surface area contributed by atoms with Crippen LogP contribution in [0.4, 0.5) is 5.82 Å². The SMILES string of the molecule is CCn1c(C)cc(C(=O)N2CCN(c3cnccn3)CC2)c1C. The number of piperazine rings is 1. The summed E-state index contributed by atoms with van der Waals surface area (Å²) in [4.78, 5) is 25.4. The molecule has 3 rings (SSSR count). The van der Waals surface area contributed by atoms with E-state index in [4.69, 9.17) is 0 Å². The lowest BCUT2D eigenvalue weighted by Crippen LogP contribution is -2.49. The molecule has 0 aromatic carbocycles. The number of nitrogens with zero attached hydrogens (tertiary/aromatic N) is 5. The van der Waals surface area contributed by atoms with Crippen molar-refractivity contribution in [3.63, 3.8) is 0 Å². The normalized spacial score (nSPS) is 15.1. The van der Waals surface area contributed by atoms with Gasteiger partial charge in [0.05, 0.1) is 11.8 Å². The molecule has 1 fully saturated rings. The summed E-state index contributed by atoms with van der Waals surface area (Å²) in [6.07, 6.45) is 5.14. The lowest BCUT2D eigenvalue weighted by molar-refractivity contribution is 0.0745. The molecule has 0 atom stereocenters. The van der Waals surface area contributed by atoms with Crippen molar-refractivity contribution >= 4 is 11.7 Å². The second-order valence-corrected chi connectivity index (χ2v) is 5.87. The first-order chi connectivity index (χ1) is 11.1. The fourth-order valence-corrected chi connectivity index (χ4v) is 3.27. The van der Waals surface area contributed by atoms with Gasteiger partial charge in [-0.2, -0.15) is 0 Å². The van der Waals surface area contributed by atoms with Crippen LogP contribution in [0.2, 0.25) is 0 Å². The van der Waals surface area contributed by atoms with Crippen LogP contribution >= 0.6 is 0 Å². The first kappa shape index (κ1) is 15.5. The molecule has 6 nitrogen and oxygen atoms in total. The van der Waals surface area contributed by atoms with E-state index in [0.29, 0.717) is 13.1 Å². The third-order valence-electron chi connectivity index (χ3n) is 4.56. The summed E-state index contributed by atoms with van der Waals surface area (Å²) in [6, 6.07) is 2.01. The van der Waals surface area contributed by atoms with E-state index in [9.17, 15) is 4.79 Å². The Hall–Kier alpha value is -2.37. The van der Waals surface area contributed by atoms with Crippen LogP contribution in [0.3, 0.4) is 0 Å². The van der Waals surface area contributed by atoms with Gasteiger partial charge in [-0.25, -0.2) is 4.98 Å². The van der Waals surface area contributed by atoms with Gasteiger partial charge in [0.1, 0.15) is 5.82 Å². The number of rotatable bonds is 3. The van der Waals surface area contributed by atoms with Crippen LogP contribution in [0.1, 0.15) is 28.7 Å². The third-order valence-corrected chi connectivity index (χ3v) is 4.56. The van der Waals surface area contributed by atoms with E-state index in [0.717, 1.165) is 42.4 Å². The molecule has 0 spiro atoms. The first-order valence-corrected chi connectivity index (χ1v) is 8.08. The zero-order valence-corrected chi connectivity index (χ0v) is 14.0. The molecule has 0 radical (unpaired) electrons. The zero-order valence-electron chi connectivity index (χ0n) is 14.0. The lowest BCUT2D eigenvalue weighted by Gasteiger charge is -2.35. The number of carbonyl (C=O) groups is 1. The van der Waals surface area contributed by atoms with Gasteiger partial charge in [0.25, 0.3) is 5.91 Å². The molecular formula is C17H23N5O. The molecule has 6 heteroatoms. The highest BCUT2D eigenvalue weighted by Crippen LogP contribution is 2.19. The van der Waals surface area contributed by atoms with Crippen molar-refractivity contribution in [2.24, 2.45) is 0 Å². The summed E-state index contributed by atoms with van der Waals surface area (Å²) in [5.74, 6) is 1.01. The highest BCUT2D eigenvalue weighted by molar-refractivity contribution is 5.95. The van der Waals surface area contributed by atoms with Gasteiger partial charge in [-0.05, 0) is 26.8 Å². The molecule has 122 valence electrons. The Kier molecular flexibility index (Phi) is 4.32. The van der Waals surface area contributed by atoms with E-state index in [1.807, 2.05) is 17.9 Å². The van der Waals surface area contributed by atoms with Gasteiger partial charge < -0.3 is 14.4 Å². The number of amides is 1. The van der Waals surface area contributed by atoms with E-state index in [1.54, 1.807) is 18.6 Å². The minimum absolute atomic E-state index is 0.136. The van der Waals surface area contributed by atoms with Crippen molar-refractivity contribution < 1.29 is 4.79 Å². The van der Waals surface area contributed by atoms with Crippen molar-refractivity contribution in [1.82, 2.24) is 19.4 Å². The molecule has 2 aromatic rings. The Morgan fingerprint density at radius 3 is 2.48 bits per heavy atom. The molecule has 2 aromatic heterocycles. The van der Waals surface area contributed by atoms with Crippen molar-refractivity contribution in [3.05, 3.63) is 41.6 Å². The lowest BCUT2D eigenvalue weighted by atomic mass is 10.2. The van der Waals surface area contributed by atoms with Crippen LogP contribution in [-0.2, 0) is 6.54 Å². The maximum Gasteiger partial charge on any atom is 0.255 e. The number of aryl methyl sites for hydroxylation is 1. The Morgan fingerprint density at radius 2 is 1.91 bits per heavy atom. The summed E-state index contributed by atoms with van der Waals surface area (Å²) >= 11 is 0. The Balaban J connectivity index is 1.69. The number of hydrogen-bond acceptors (Lipinski definition) is 4. The largest absolute Gasteiger partial charge is 0.352 e. The molecule has 0 bridgehead atoms. The smallest absolute Gasteiger partial charge is 0.255 e. The van der Waals surface area contributed by atoms with Gasteiger partial charge in [-0.15, -0.1) is 0 Å². The predicted molar refractivity (Wildman–Crippen MR) is 89.7 cm³/mol. The highest BCUT2D eigenvalue weighted by atomic mass is 16.2. The summed E-state index contributed by atoms with van der Waals surface area (Å²) in [6.45, 7) is 10.1. The quantitative estimate of drug-likeness (QED) is 0.868. The molecular weight excluding hydrogens is 290 g/mol. The van der Waals surface area contributed by atoms with Crippen LogP contribution < -0.4 is 4.90 Å². The van der Waals surface area contributed by atoms with Crippen LogP contribution in [0, 0.1) is 13.8 Å². The van der Waals surface area contributed by atoms with E-state index in [2.05, 4.69) is 33.3 Å². The average molecular weight is 313 g/mol. The molecule has 0 aliphatic carbocycles. The third kappa shape index (κ3) is 2.93. The number of aromatic nitrogens is 3. The van der Waals surface area contributed by atoms with E-state index in [1.165, 1.54) is 0 Å². The summed E-state index contributed by atoms with van der Waals surface area (Å²) in [5.41, 5.74) is 3.04. The van der Waals surface area contributed by atoms with Crippen LogP contribution in [0.25, 0.3) is 0 Å². The van der Waals surface area contributed by atoms with E-state index in [-0.39, 0.29) is 5.91 Å². The maximum atomic E-state index is 12.8. The molecule has 0 saturated carbocycles. The minimum Gasteiger partial charge on any atom is -0.352 e. The standard InChI is InChI=1S/C17H23N5O/c1-4-22-13(2)11-15(14(22)3)17(23)21-9-7-20(8-10-21)16-12-18-5-6-19-16/h5-6,11-12H,4,7-10H2,1-3H3. The molecule has 1 amide bonds. The van der Waals surface area contributed by atoms with Gasteiger partial charge in [-0.1, -0.05) is 0 Å². The Bertz CT molecular complexity index is 687. The monoisotopic (exact) mass is 313 g/mol. The average Bonchev–Trinajstić information content (AvgIpc) is 2.89. The van der Waals surface area contributed by atoms with Crippen LogP contribution in [0.15, 0.2) is 24.7 Å². The number of anilines is 1. The summed E-state index contributed by atoms with van der Waals surface area (Å²) in [7, 11) is 0. The molecule has 1 saturated heterocycles. The van der Waals surface area contributed by atoms with E-state index >= 15 is 0 Å². The van der Waals surface area contributed by atoms with Crippen molar-refractivity contribution in [3.8, 4) is 0 Å². The first-order valence-electron chi connectivity index (χ1n) is 8.08. The second-order valence-electron chi connectivity index (χ2n) is 5.87. The molecule has 3 heterocycles. The van der Waals surface area contributed by atoms with Gasteiger partial charge in [0.15, 0.2) is 0 Å². The Morgan fingerprint density at radius 1 is 1.17 bits per heavy atom. The topological polar surface area (TPSA) is 54.3 Å². The Labute approximate surface area is 136 Å². The van der Waals surface area contributed by atoms with E-state index < -0.39 is 0 Å². The van der Waals surface area contributed by atoms with Crippen molar-refractivity contribution in [1.29, 1.82) is 0 Å². The molecule has 23 heavy (non-hydrogen) atoms. The fraction of sp³-hybridized carbons (Fsp3) is 0.471. The molecule has 0 unspecified atom stereocenters. The predicted octanol–water partition coefficient (Wildman–Crippen LogP) is 1.88. The molecule has 0 N–H and O–H groups in total. The van der Waals surface area contributed by atoms with Crippen LogP contribution in [-0.4, -0.2) is 51.5 Å². The van der Waals surface area contributed by atoms with Crippen molar-refractivity contribution in [2.45, 2.75) is 27.3 Å². The van der Waals surface area contributed by atoms with Gasteiger partial charge >= 0.3 is 0 Å². The summed E-state index contributed by atoms with van der Waals surface area (Å²) < 4.78 is 2.18. The number of carbonyl (C=O) groups excluding carboxylic acids is 1. The van der Waals surface area contributed by atoms with Crippen molar-refractivity contribution in [2.75, 3.05) is 31.1 Å². The van der Waals surface area contributed by atoms with Crippen LogP contribution in [0.5, 0.6) is 0 Å². The van der Waals surface area contributed by atoms with Gasteiger partial charge in [-0.3, -0.25) is 9.78 Å².